The van der Waals surface area contributed by atoms with Crippen molar-refractivity contribution >= 4 is 51.1 Å². The number of benzene rings is 4. The molecular formula is C31H25ClN2O6S. The molecule has 0 unspecified atom stereocenters. The van der Waals surface area contributed by atoms with Gasteiger partial charge in [-0.25, -0.2) is 0 Å². The van der Waals surface area contributed by atoms with Crippen molar-refractivity contribution in [3.05, 3.63) is 130 Å². The average molecular weight is 589 g/mol. The summed E-state index contributed by atoms with van der Waals surface area (Å²) >= 11 is 6.16. The average Bonchev–Trinajstić information content (AvgIpc) is 2.94. The van der Waals surface area contributed by atoms with Crippen LogP contribution in [0.1, 0.15) is 38.8 Å². The number of Topliss-reactive ketones (excluding diaryl/α,β-unsaturated/α-hetero) is 1. The van der Waals surface area contributed by atoms with Gasteiger partial charge in [0, 0.05) is 11.3 Å². The van der Waals surface area contributed by atoms with Crippen molar-refractivity contribution < 1.29 is 27.0 Å². The van der Waals surface area contributed by atoms with Gasteiger partial charge in [0.2, 0.25) is 0 Å². The van der Waals surface area contributed by atoms with E-state index in [0.717, 1.165) is 5.56 Å². The van der Waals surface area contributed by atoms with Gasteiger partial charge < -0.3 is 14.8 Å². The molecule has 2 amide bonds. The van der Waals surface area contributed by atoms with Gasteiger partial charge in [-0.1, -0.05) is 53.6 Å². The zero-order chi connectivity index (χ0) is 29.6. The summed E-state index contributed by atoms with van der Waals surface area (Å²) in [7, 11) is -4.04. The molecule has 41 heavy (non-hydrogen) atoms. The van der Waals surface area contributed by atoms with Gasteiger partial charge in [0.25, 0.3) is 11.8 Å². The number of nitrogens with one attached hydrogen (secondary N) is 2. The number of hydrogen-bond acceptors (Lipinski definition) is 6. The van der Waals surface area contributed by atoms with Crippen LogP contribution in [0.3, 0.4) is 0 Å². The minimum atomic E-state index is -4.04. The first-order chi connectivity index (χ1) is 19.5. The lowest BCUT2D eigenvalue weighted by Crippen LogP contribution is -2.31. The number of amides is 2. The molecule has 208 valence electrons. The minimum absolute atomic E-state index is 0.0182. The quantitative estimate of drug-likeness (QED) is 0.140. The van der Waals surface area contributed by atoms with Crippen molar-refractivity contribution in [3.63, 3.8) is 0 Å². The van der Waals surface area contributed by atoms with Gasteiger partial charge in [0.15, 0.2) is 5.78 Å². The third-order valence-corrected chi connectivity index (χ3v) is 7.46. The fraction of sp³-hybridized carbons (Fsp3) is 0.0645. The largest absolute Gasteiger partial charge is 0.379 e. The van der Waals surface area contributed by atoms with Crippen molar-refractivity contribution in [2.45, 2.75) is 18.7 Å². The number of ketones is 1. The molecule has 0 radical (unpaired) electrons. The van der Waals surface area contributed by atoms with Crippen LogP contribution in [-0.4, -0.2) is 26.0 Å². The molecule has 0 heterocycles. The van der Waals surface area contributed by atoms with Gasteiger partial charge in [0.1, 0.15) is 16.3 Å². The first-order valence-electron chi connectivity index (χ1n) is 12.3. The lowest BCUT2D eigenvalue weighted by atomic mass is 10.1. The number of carbonyl (C=O) groups is 3. The Morgan fingerprint density at radius 2 is 1.46 bits per heavy atom. The van der Waals surface area contributed by atoms with E-state index in [1.165, 1.54) is 55.5 Å². The topological polar surface area (TPSA) is 119 Å². The van der Waals surface area contributed by atoms with E-state index in [-0.39, 0.29) is 32.7 Å². The van der Waals surface area contributed by atoms with Gasteiger partial charge in [-0.05, 0) is 86.2 Å². The molecule has 0 aliphatic heterocycles. The van der Waals surface area contributed by atoms with Crippen LogP contribution in [0.2, 0.25) is 5.02 Å². The zero-order valence-electron chi connectivity index (χ0n) is 22.1. The molecule has 2 N–H and O–H groups in total. The summed E-state index contributed by atoms with van der Waals surface area (Å²) in [5.41, 5.74) is 2.34. The van der Waals surface area contributed by atoms with E-state index < -0.39 is 21.9 Å². The van der Waals surface area contributed by atoms with E-state index in [4.69, 9.17) is 15.8 Å². The summed E-state index contributed by atoms with van der Waals surface area (Å²) in [5.74, 6) is -1.29. The highest BCUT2D eigenvalue weighted by Crippen LogP contribution is 2.21. The van der Waals surface area contributed by atoms with Gasteiger partial charge in [0.05, 0.1) is 10.6 Å². The van der Waals surface area contributed by atoms with Gasteiger partial charge in [-0.2, -0.15) is 8.42 Å². The van der Waals surface area contributed by atoms with Crippen molar-refractivity contribution in [3.8, 4) is 5.75 Å². The lowest BCUT2D eigenvalue weighted by molar-refractivity contribution is -0.113. The van der Waals surface area contributed by atoms with E-state index >= 15 is 0 Å². The fourth-order valence-corrected chi connectivity index (χ4v) is 4.80. The molecule has 4 aromatic carbocycles. The molecule has 8 nitrogen and oxygen atoms in total. The number of halogens is 1. The summed E-state index contributed by atoms with van der Waals surface area (Å²) < 4.78 is 30.5. The second-order valence-electron chi connectivity index (χ2n) is 9.00. The first kappa shape index (κ1) is 29.3. The lowest BCUT2D eigenvalue weighted by Gasteiger charge is -2.12. The number of carbonyl (C=O) groups excluding carboxylic acids is 3. The van der Waals surface area contributed by atoms with Crippen molar-refractivity contribution in [1.29, 1.82) is 0 Å². The highest BCUT2D eigenvalue weighted by molar-refractivity contribution is 7.87. The van der Waals surface area contributed by atoms with Crippen LogP contribution in [0, 0.1) is 6.92 Å². The molecule has 0 aromatic heterocycles. The number of aryl methyl sites for hydroxylation is 1. The second-order valence-corrected chi connectivity index (χ2v) is 11.0. The molecule has 0 saturated carbocycles. The van der Waals surface area contributed by atoms with Crippen LogP contribution < -0.4 is 14.8 Å². The molecule has 0 fully saturated rings. The normalized spacial score (nSPS) is 11.4. The first-order valence-corrected chi connectivity index (χ1v) is 14.1. The Balaban J connectivity index is 1.59. The molecule has 10 heteroatoms. The smallest absolute Gasteiger partial charge is 0.339 e. The Kier molecular flexibility index (Phi) is 9.01. The molecule has 0 aliphatic rings. The van der Waals surface area contributed by atoms with Crippen LogP contribution in [0.4, 0.5) is 5.69 Å². The molecule has 0 bridgehead atoms. The number of rotatable bonds is 9. The number of hydrogen-bond donors (Lipinski definition) is 2. The maximum atomic E-state index is 13.2. The van der Waals surface area contributed by atoms with Crippen molar-refractivity contribution in [1.82, 2.24) is 5.32 Å². The zero-order valence-corrected chi connectivity index (χ0v) is 23.6. The maximum absolute atomic E-state index is 13.2. The summed E-state index contributed by atoms with van der Waals surface area (Å²) in [5, 5.41) is 5.50. The molecule has 0 saturated heterocycles. The molecule has 0 aliphatic carbocycles. The van der Waals surface area contributed by atoms with E-state index in [2.05, 4.69) is 10.6 Å². The SMILES string of the molecule is CC(=O)c1ccc(NC(=O)C(=Cc2ccc(OS(=O)(=O)c3ccc(C)cc3)cc2)NC(=O)c2ccccc2Cl)cc1. The Morgan fingerprint density at radius 3 is 2.07 bits per heavy atom. The molecule has 4 aromatic rings. The predicted molar refractivity (Wildman–Crippen MR) is 157 cm³/mol. The van der Waals surface area contributed by atoms with E-state index in [1.807, 2.05) is 6.92 Å². The third kappa shape index (κ3) is 7.69. The van der Waals surface area contributed by atoms with Crippen LogP contribution in [0.5, 0.6) is 5.75 Å². The fourth-order valence-electron chi connectivity index (χ4n) is 3.65. The van der Waals surface area contributed by atoms with E-state index in [0.29, 0.717) is 16.8 Å². The third-order valence-electron chi connectivity index (χ3n) is 5.87. The molecule has 4 rings (SSSR count). The molecule has 0 atom stereocenters. The standard InChI is InChI=1S/C31H25ClN2O6S/c1-20-7-17-26(18-8-20)41(38,39)40-25-15-9-22(10-16-25)19-29(34-30(36)27-5-3-4-6-28(27)32)31(37)33-24-13-11-23(12-14-24)21(2)35/h3-19H,1-2H3,(H,33,37)(H,34,36). The second kappa shape index (κ2) is 12.6. The van der Waals surface area contributed by atoms with Gasteiger partial charge in [-0.3, -0.25) is 14.4 Å². The Labute approximate surface area is 242 Å². The Morgan fingerprint density at radius 1 is 0.829 bits per heavy atom. The summed E-state index contributed by atoms with van der Waals surface area (Å²) in [6, 6.07) is 24.9. The maximum Gasteiger partial charge on any atom is 0.339 e. The van der Waals surface area contributed by atoms with Crippen LogP contribution in [0.25, 0.3) is 6.08 Å². The summed E-state index contributed by atoms with van der Waals surface area (Å²) in [6.45, 7) is 3.28. The van der Waals surface area contributed by atoms with Crippen LogP contribution in [-0.2, 0) is 14.9 Å². The summed E-state index contributed by atoms with van der Waals surface area (Å²) in [4.78, 5) is 37.8. The van der Waals surface area contributed by atoms with E-state index in [1.54, 1.807) is 54.6 Å². The molecular weight excluding hydrogens is 564 g/mol. The summed E-state index contributed by atoms with van der Waals surface area (Å²) in [6.07, 6.45) is 1.42. The van der Waals surface area contributed by atoms with E-state index in [9.17, 15) is 22.8 Å². The molecule has 0 spiro atoms. The number of anilines is 1. The highest BCUT2D eigenvalue weighted by Gasteiger charge is 2.18. The predicted octanol–water partition coefficient (Wildman–Crippen LogP) is 6.03. The highest BCUT2D eigenvalue weighted by atomic mass is 35.5. The van der Waals surface area contributed by atoms with Crippen LogP contribution in [0.15, 0.2) is 108 Å². The monoisotopic (exact) mass is 588 g/mol. The van der Waals surface area contributed by atoms with Gasteiger partial charge >= 0.3 is 10.1 Å². The minimum Gasteiger partial charge on any atom is -0.379 e. The van der Waals surface area contributed by atoms with Crippen LogP contribution >= 0.6 is 11.6 Å². The van der Waals surface area contributed by atoms with Gasteiger partial charge in [-0.15, -0.1) is 0 Å². The van der Waals surface area contributed by atoms with Crippen molar-refractivity contribution in [2.24, 2.45) is 0 Å². The Bertz CT molecular complexity index is 1730. The Hall–Kier alpha value is -4.73. The van der Waals surface area contributed by atoms with Crippen molar-refractivity contribution in [2.75, 3.05) is 5.32 Å².